The molecule has 0 aliphatic rings. The van der Waals surface area contributed by atoms with E-state index in [1.54, 1.807) is 6.92 Å². The standard InChI is InChI=1S/C16H31NO5/c1-12(10-14(19)8-5-9-18)6-4-7-15(20)11-13(2)16(21)17(3)22/h13-15,18-20,22H,1,4-11H2,2-3H3/t13-,14?,15-/m1/s1. The smallest absolute Gasteiger partial charge is 0.248 e. The molecule has 0 rings (SSSR count). The van der Waals surface area contributed by atoms with Crippen molar-refractivity contribution in [2.75, 3.05) is 13.7 Å². The van der Waals surface area contributed by atoms with Crippen LogP contribution in [0.3, 0.4) is 0 Å². The summed E-state index contributed by atoms with van der Waals surface area (Å²) in [5.41, 5.74) is 0.928. The highest BCUT2D eigenvalue weighted by Crippen LogP contribution is 2.18. The lowest BCUT2D eigenvalue weighted by Gasteiger charge is -2.18. The predicted molar refractivity (Wildman–Crippen MR) is 84.3 cm³/mol. The van der Waals surface area contributed by atoms with E-state index < -0.39 is 24.0 Å². The summed E-state index contributed by atoms with van der Waals surface area (Å²) in [4.78, 5) is 11.5. The van der Waals surface area contributed by atoms with E-state index in [4.69, 9.17) is 10.3 Å². The van der Waals surface area contributed by atoms with E-state index >= 15 is 0 Å². The quantitative estimate of drug-likeness (QED) is 0.248. The molecule has 6 nitrogen and oxygen atoms in total. The van der Waals surface area contributed by atoms with Gasteiger partial charge in [-0.1, -0.05) is 19.1 Å². The van der Waals surface area contributed by atoms with Crippen molar-refractivity contribution in [2.45, 2.75) is 64.1 Å². The van der Waals surface area contributed by atoms with Crippen molar-refractivity contribution in [1.82, 2.24) is 5.06 Å². The average Bonchev–Trinajstić information content (AvgIpc) is 2.43. The van der Waals surface area contributed by atoms with E-state index in [0.29, 0.717) is 37.2 Å². The van der Waals surface area contributed by atoms with Crippen molar-refractivity contribution in [3.8, 4) is 0 Å². The lowest BCUT2D eigenvalue weighted by Crippen LogP contribution is -2.30. The van der Waals surface area contributed by atoms with Gasteiger partial charge in [0.2, 0.25) is 5.91 Å². The van der Waals surface area contributed by atoms with Gasteiger partial charge >= 0.3 is 0 Å². The monoisotopic (exact) mass is 317 g/mol. The second kappa shape index (κ2) is 11.6. The molecule has 22 heavy (non-hydrogen) atoms. The van der Waals surface area contributed by atoms with Crippen LogP contribution >= 0.6 is 0 Å². The Balaban J connectivity index is 3.85. The van der Waals surface area contributed by atoms with E-state index in [0.717, 1.165) is 18.4 Å². The van der Waals surface area contributed by atoms with Crippen LogP contribution in [-0.2, 0) is 4.79 Å². The molecule has 1 unspecified atom stereocenters. The molecule has 1 amide bonds. The van der Waals surface area contributed by atoms with Crippen LogP contribution < -0.4 is 0 Å². The van der Waals surface area contributed by atoms with Gasteiger partial charge in [0, 0.05) is 19.6 Å². The van der Waals surface area contributed by atoms with Crippen LogP contribution in [0.25, 0.3) is 0 Å². The summed E-state index contributed by atoms with van der Waals surface area (Å²) in [6.45, 7) is 5.67. The first-order valence-corrected chi connectivity index (χ1v) is 7.88. The molecule has 0 aliphatic carbocycles. The van der Waals surface area contributed by atoms with Gasteiger partial charge in [0.05, 0.1) is 12.2 Å². The maximum Gasteiger partial charge on any atom is 0.248 e. The van der Waals surface area contributed by atoms with Gasteiger partial charge in [-0.2, -0.15) is 0 Å². The van der Waals surface area contributed by atoms with Crippen molar-refractivity contribution >= 4 is 5.91 Å². The second-order valence-electron chi connectivity index (χ2n) is 6.02. The highest BCUT2D eigenvalue weighted by molar-refractivity contribution is 5.76. The number of carbonyl (C=O) groups excluding carboxylic acids is 1. The number of aliphatic hydroxyl groups excluding tert-OH is 3. The van der Waals surface area contributed by atoms with Crippen LogP contribution in [0.4, 0.5) is 0 Å². The van der Waals surface area contributed by atoms with Gasteiger partial charge < -0.3 is 15.3 Å². The molecular formula is C16H31NO5. The zero-order valence-corrected chi connectivity index (χ0v) is 13.7. The van der Waals surface area contributed by atoms with Crippen LogP contribution in [0.15, 0.2) is 12.2 Å². The fourth-order valence-corrected chi connectivity index (χ4v) is 2.40. The summed E-state index contributed by atoms with van der Waals surface area (Å²) < 4.78 is 0. The zero-order chi connectivity index (χ0) is 17.1. The van der Waals surface area contributed by atoms with Crippen LogP contribution in [0.1, 0.15) is 51.9 Å². The summed E-state index contributed by atoms with van der Waals surface area (Å²) in [5.74, 6) is -0.830. The minimum absolute atomic E-state index is 0.0790. The molecule has 0 heterocycles. The molecule has 6 heteroatoms. The number of nitrogens with zero attached hydrogens (tertiary/aromatic N) is 1. The number of hydroxylamine groups is 2. The Hall–Kier alpha value is -0.950. The molecule has 0 aromatic heterocycles. The maximum atomic E-state index is 11.5. The minimum atomic E-state index is -0.592. The molecule has 130 valence electrons. The summed E-state index contributed by atoms with van der Waals surface area (Å²) >= 11 is 0. The van der Waals surface area contributed by atoms with Crippen LogP contribution in [0.5, 0.6) is 0 Å². The molecule has 0 aromatic carbocycles. The number of carbonyl (C=O) groups is 1. The van der Waals surface area contributed by atoms with E-state index in [9.17, 15) is 15.0 Å². The molecular weight excluding hydrogens is 286 g/mol. The largest absolute Gasteiger partial charge is 0.396 e. The third-order valence-electron chi connectivity index (χ3n) is 3.65. The molecule has 0 radical (unpaired) electrons. The van der Waals surface area contributed by atoms with Crippen molar-refractivity contribution in [3.05, 3.63) is 12.2 Å². The Morgan fingerprint density at radius 1 is 1.18 bits per heavy atom. The Labute approximate surface area is 133 Å². The van der Waals surface area contributed by atoms with E-state index in [1.165, 1.54) is 7.05 Å². The summed E-state index contributed by atoms with van der Waals surface area (Å²) in [5, 5.41) is 37.9. The second-order valence-corrected chi connectivity index (χ2v) is 6.02. The van der Waals surface area contributed by atoms with Crippen molar-refractivity contribution < 1.29 is 25.3 Å². The number of hydrogen-bond acceptors (Lipinski definition) is 5. The SMILES string of the molecule is C=C(CCC[C@@H](O)C[C@@H](C)C(=O)N(C)O)CC(O)CCCO. The summed E-state index contributed by atoms with van der Waals surface area (Å²) in [6.07, 6.45) is 2.92. The molecule has 3 atom stereocenters. The molecule has 0 spiro atoms. The van der Waals surface area contributed by atoms with Crippen LogP contribution in [0, 0.1) is 5.92 Å². The van der Waals surface area contributed by atoms with Gasteiger partial charge in [0.25, 0.3) is 0 Å². The Morgan fingerprint density at radius 2 is 1.77 bits per heavy atom. The first-order valence-electron chi connectivity index (χ1n) is 7.88. The van der Waals surface area contributed by atoms with Gasteiger partial charge in [-0.15, -0.1) is 0 Å². The molecule has 0 aliphatic heterocycles. The summed E-state index contributed by atoms with van der Waals surface area (Å²) in [6, 6.07) is 0. The lowest BCUT2D eigenvalue weighted by molar-refractivity contribution is -0.164. The maximum absolute atomic E-state index is 11.5. The highest BCUT2D eigenvalue weighted by atomic mass is 16.5. The Bertz CT molecular complexity index is 332. The first-order chi connectivity index (χ1) is 10.3. The molecule has 0 saturated carbocycles. The topological polar surface area (TPSA) is 101 Å². The van der Waals surface area contributed by atoms with Crippen molar-refractivity contribution in [3.63, 3.8) is 0 Å². The normalized spacial score (nSPS) is 15.2. The minimum Gasteiger partial charge on any atom is -0.396 e. The van der Waals surface area contributed by atoms with Gasteiger partial charge in [-0.05, 0) is 44.9 Å². The third-order valence-corrected chi connectivity index (χ3v) is 3.65. The first kappa shape index (κ1) is 21.0. The Kier molecular flexibility index (Phi) is 11.1. The molecule has 0 saturated heterocycles. The number of hydrogen-bond donors (Lipinski definition) is 4. The zero-order valence-electron chi connectivity index (χ0n) is 13.7. The van der Waals surface area contributed by atoms with Gasteiger partial charge in [0.1, 0.15) is 0 Å². The van der Waals surface area contributed by atoms with E-state index in [1.807, 2.05) is 0 Å². The van der Waals surface area contributed by atoms with Gasteiger partial charge in [-0.25, -0.2) is 5.06 Å². The predicted octanol–water partition coefficient (Wildman–Crippen LogP) is 1.47. The number of rotatable bonds is 12. The molecule has 4 N–H and O–H groups in total. The average molecular weight is 317 g/mol. The number of amides is 1. The Morgan fingerprint density at radius 3 is 2.32 bits per heavy atom. The van der Waals surface area contributed by atoms with Gasteiger partial charge in [0.15, 0.2) is 0 Å². The molecule has 0 aromatic rings. The molecule has 0 fully saturated rings. The highest BCUT2D eigenvalue weighted by Gasteiger charge is 2.19. The van der Waals surface area contributed by atoms with Gasteiger partial charge in [-0.3, -0.25) is 10.0 Å². The summed E-state index contributed by atoms with van der Waals surface area (Å²) in [7, 11) is 1.28. The van der Waals surface area contributed by atoms with Crippen LogP contribution in [-0.4, -0.2) is 57.4 Å². The van der Waals surface area contributed by atoms with Crippen LogP contribution in [0.2, 0.25) is 0 Å². The van der Waals surface area contributed by atoms with E-state index in [-0.39, 0.29) is 6.61 Å². The van der Waals surface area contributed by atoms with E-state index in [2.05, 4.69) is 6.58 Å². The van der Waals surface area contributed by atoms with Crippen molar-refractivity contribution in [1.29, 1.82) is 0 Å². The third kappa shape index (κ3) is 9.89. The number of aliphatic hydroxyl groups is 3. The fourth-order valence-electron chi connectivity index (χ4n) is 2.40. The fraction of sp³-hybridized carbons (Fsp3) is 0.812. The lowest BCUT2D eigenvalue weighted by atomic mass is 9.96. The van der Waals surface area contributed by atoms with Crippen molar-refractivity contribution in [2.24, 2.45) is 5.92 Å². The molecule has 0 bridgehead atoms.